The van der Waals surface area contributed by atoms with Crippen LogP contribution in [0.2, 0.25) is 0 Å². The van der Waals surface area contributed by atoms with Crippen LogP contribution in [0.25, 0.3) is 0 Å². The highest BCUT2D eigenvalue weighted by atomic mass is 16.1. The summed E-state index contributed by atoms with van der Waals surface area (Å²) in [6.45, 7) is 8.94. The number of rotatable bonds is 0. The van der Waals surface area contributed by atoms with Crippen LogP contribution in [0.15, 0.2) is 0 Å². The molecular formula is C7H14O. The zero-order chi connectivity index (χ0) is 6.78. The van der Waals surface area contributed by atoms with Gasteiger partial charge in [-0.3, -0.25) is 0 Å². The van der Waals surface area contributed by atoms with Crippen LogP contribution in [-0.2, 0) is 4.79 Å². The highest BCUT2D eigenvalue weighted by molar-refractivity contribution is 5.10. The lowest BCUT2D eigenvalue weighted by atomic mass is 10.1. The molecule has 1 saturated carbocycles. The van der Waals surface area contributed by atoms with Crippen molar-refractivity contribution in [2.75, 3.05) is 0 Å². The molecule has 0 saturated heterocycles. The summed E-state index contributed by atoms with van der Waals surface area (Å²) < 4.78 is 0. The van der Waals surface area contributed by atoms with E-state index in [4.69, 9.17) is 4.79 Å². The fraction of sp³-hybridized carbons (Fsp3) is 0.857. The van der Waals surface area contributed by atoms with E-state index in [0.29, 0.717) is 5.41 Å². The molecule has 0 spiro atoms. The molecule has 1 atom stereocenters. The Morgan fingerprint density at radius 2 is 1.62 bits per heavy atom. The fourth-order valence-electron chi connectivity index (χ4n) is 0.730. The Labute approximate surface area is 51.1 Å². The minimum Gasteiger partial charge on any atom is -0.307 e. The molecule has 0 aliphatic heterocycles. The topological polar surface area (TPSA) is 17.1 Å². The van der Waals surface area contributed by atoms with E-state index >= 15 is 0 Å². The molecule has 0 amide bonds. The Morgan fingerprint density at radius 1 is 1.50 bits per heavy atom. The quantitative estimate of drug-likeness (QED) is 0.470. The van der Waals surface area contributed by atoms with Crippen LogP contribution in [0, 0.1) is 11.3 Å². The van der Waals surface area contributed by atoms with E-state index in [1.165, 1.54) is 6.42 Å². The molecule has 0 radical (unpaired) electrons. The van der Waals surface area contributed by atoms with Gasteiger partial charge in [0.15, 0.2) is 0 Å². The maximum atomic E-state index is 8.00. The number of carbonyl (C=O) groups is 1. The Kier molecular flexibility index (Phi) is 2.20. The van der Waals surface area contributed by atoms with Gasteiger partial charge in [0.05, 0.1) is 0 Å². The minimum atomic E-state index is 0.708. The normalized spacial score (nSPS) is 30.1. The molecule has 0 aromatic rings. The maximum absolute atomic E-state index is 8.00. The molecule has 0 aromatic carbocycles. The van der Waals surface area contributed by atoms with E-state index < -0.39 is 0 Å². The summed E-state index contributed by atoms with van der Waals surface area (Å²) in [5.41, 5.74) is 0.708. The van der Waals surface area contributed by atoms with Gasteiger partial charge in [-0.15, -0.1) is 0 Å². The van der Waals surface area contributed by atoms with Gasteiger partial charge < -0.3 is 4.79 Å². The largest absolute Gasteiger partial charge is 0.307 e. The Bertz CT molecular complexity index is 76.5. The molecule has 1 unspecified atom stereocenters. The van der Waals surface area contributed by atoms with Crippen molar-refractivity contribution in [1.82, 2.24) is 0 Å². The summed E-state index contributed by atoms with van der Waals surface area (Å²) >= 11 is 0. The van der Waals surface area contributed by atoms with Gasteiger partial charge in [-0.25, -0.2) is 0 Å². The molecule has 1 fully saturated rings. The summed E-state index contributed by atoms with van der Waals surface area (Å²) in [7, 11) is 0. The molecule has 48 valence electrons. The van der Waals surface area contributed by atoms with Crippen molar-refractivity contribution >= 4 is 6.79 Å². The highest BCUT2D eigenvalue weighted by Gasteiger charge is 2.41. The van der Waals surface area contributed by atoms with E-state index in [0.717, 1.165) is 5.92 Å². The monoisotopic (exact) mass is 114 g/mol. The lowest BCUT2D eigenvalue weighted by Gasteiger charge is -1.91. The Morgan fingerprint density at radius 3 is 1.62 bits per heavy atom. The molecule has 0 heterocycles. The van der Waals surface area contributed by atoms with Gasteiger partial charge in [0.1, 0.15) is 6.79 Å². The Balaban J connectivity index is 0.000000222. The second kappa shape index (κ2) is 2.29. The summed E-state index contributed by atoms with van der Waals surface area (Å²) in [5.74, 6) is 0.998. The van der Waals surface area contributed by atoms with Crippen molar-refractivity contribution in [3.05, 3.63) is 0 Å². The lowest BCUT2D eigenvalue weighted by Crippen LogP contribution is -1.82. The van der Waals surface area contributed by atoms with Crippen molar-refractivity contribution in [2.24, 2.45) is 11.3 Å². The lowest BCUT2D eigenvalue weighted by molar-refractivity contribution is -0.0979. The maximum Gasteiger partial charge on any atom is 0.106 e. The summed E-state index contributed by atoms with van der Waals surface area (Å²) in [5, 5.41) is 0. The molecule has 1 aliphatic rings. The first-order chi connectivity index (χ1) is 3.63. The van der Waals surface area contributed by atoms with Gasteiger partial charge >= 0.3 is 0 Å². The average Bonchev–Trinajstić information content (AvgIpc) is 2.19. The minimum absolute atomic E-state index is 0.708. The van der Waals surface area contributed by atoms with Crippen LogP contribution in [0.1, 0.15) is 27.2 Å². The van der Waals surface area contributed by atoms with Crippen LogP contribution >= 0.6 is 0 Å². The van der Waals surface area contributed by atoms with Gasteiger partial charge in [-0.1, -0.05) is 20.8 Å². The molecule has 0 bridgehead atoms. The molecule has 1 heteroatoms. The smallest absolute Gasteiger partial charge is 0.106 e. The van der Waals surface area contributed by atoms with E-state index in [1.54, 1.807) is 0 Å². The van der Waals surface area contributed by atoms with Crippen LogP contribution in [-0.4, -0.2) is 6.79 Å². The van der Waals surface area contributed by atoms with Crippen molar-refractivity contribution in [3.63, 3.8) is 0 Å². The Hall–Kier alpha value is -0.330. The molecule has 1 rings (SSSR count). The first-order valence-electron chi connectivity index (χ1n) is 2.92. The van der Waals surface area contributed by atoms with Gasteiger partial charge in [-0.05, 0) is 17.8 Å². The fourth-order valence-corrected chi connectivity index (χ4v) is 0.730. The van der Waals surface area contributed by atoms with E-state index in [2.05, 4.69) is 20.8 Å². The molecule has 8 heavy (non-hydrogen) atoms. The van der Waals surface area contributed by atoms with Crippen molar-refractivity contribution in [1.29, 1.82) is 0 Å². The van der Waals surface area contributed by atoms with Gasteiger partial charge in [0.2, 0.25) is 0 Å². The van der Waals surface area contributed by atoms with Crippen LogP contribution in [0.3, 0.4) is 0 Å². The molecule has 1 aliphatic carbocycles. The number of carbonyl (C=O) groups excluding carboxylic acids is 1. The predicted molar refractivity (Wildman–Crippen MR) is 34.7 cm³/mol. The van der Waals surface area contributed by atoms with Crippen LogP contribution in [0.5, 0.6) is 0 Å². The summed E-state index contributed by atoms with van der Waals surface area (Å²) in [6, 6.07) is 0. The van der Waals surface area contributed by atoms with Crippen LogP contribution < -0.4 is 0 Å². The molecule has 0 aromatic heterocycles. The standard InChI is InChI=1S/C6H12.CH2O/c1-5-4-6(5,2)3;1-2/h5H,4H2,1-3H3;1H2. The number of hydrogen-bond donors (Lipinski definition) is 0. The number of hydrogen-bond acceptors (Lipinski definition) is 1. The van der Waals surface area contributed by atoms with E-state index in [1.807, 2.05) is 6.79 Å². The van der Waals surface area contributed by atoms with Crippen molar-refractivity contribution in [2.45, 2.75) is 27.2 Å². The van der Waals surface area contributed by atoms with Crippen molar-refractivity contribution < 1.29 is 4.79 Å². The van der Waals surface area contributed by atoms with E-state index in [9.17, 15) is 0 Å². The van der Waals surface area contributed by atoms with Gasteiger partial charge in [0, 0.05) is 0 Å². The van der Waals surface area contributed by atoms with Gasteiger partial charge in [0.25, 0.3) is 0 Å². The summed E-state index contributed by atoms with van der Waals surface area (Å²) in [6.07, 6.45) is 1.44. The predicted octanol–water partition coefficient (Wildman–Crippen LogP) is 1.87. The third kappa shape index (κ3) is 1.65. The second-order valence-electron chi connectivity index (χ2n) is 3.09. The summed E-state index contributed by atoms with van der Waals surface area (Å²) in [4.78, 5) is 8.00. The van der Waals surface area contributed by atoms with Gasteiger partial charge in [-0.2, -0.15) is 0 Å². The highest BCUT2D eigenvalue weighted by Crippen LogP contribution is 2.50. The second-order valence-corrected chi connectivity index (χ2v) is 3.09. The first kappa shape index (κ1) is 7.67. The molecular weight excluding hydrogens is 100 g/mol. The zero-order valence-corrected chi connectivity index (χ0v) is 5.90. The molecule has 1 nitrogen and oxygen atoms in total. The zero-order valence-electron chi connectivity index (χ0n) is 5.90. The average molecular weight is 114 g/mol. The molecule has 0 N–H and O–H groups in total. The van der Waals surface area contributed by atoms with Crippen LogP contribution in [0.4, 0.5) is 0 Å². The first-order valence-corrected chi connectivity index (χ1v) is 2.92. The third-order valence-electron chi connectivity index (χ3n) is 2.01. The van der Waals surface area contributed by atoms with Crippen molar-refractivity contribution in [3.8, 4) is 0 Å². The SMILES string of the molecule is C=O.CC1CC1(C)C. The van der Waals surface area contributed by atoms with E-state index in [-0.39, 0.29) is 0 Å². The third-order valence-corrected chi connectivity index (χ3v) is 2.01.